The van der Waals surface area contributed by atoms with Crippen molar-refractivity contribution < 1.29 is 8.83 Å². The molecule has 0 fully saturated rings. The summed E-state index contributed by atoms with van der Waals surface area (Å²) >= 11 is 0. The number of rotatable bonds is 9. The number of hydrogen-bond acceptors (Lipinski definition) is 6. The maximum Gasteiger partial charge on any atom is 0.248 e. The summed E-state index contributed by atoms with van der Waals surface area (Å²) in [5.74, 6) is 2.41. The second-order valence-electron chi connectivity index (χ2n) is 9.14. The van der Waals surface area contributed by atoms with E-state index in [4.69, 9.17) is 8.83 Å². The molecule has 0 N–H and O–H groups in total. The lowest BCUT2D eigenvalue weighted by Crippen LogP contribution is -1.90. The van der Waals surface area contributed by atoms with Gasteiger partial charge in [0.15, 0.2) is 0 Å². The van der Waals surface area contributed by atoms with Gasteiger partial charge in [-0.2, -0.15) is 0 Å². The molecule has 6 nitrogen and oxygen atoms in total. The molecule has 0 bridgehead atoms. The first kappa shape index (κ1) is 23.7. The van der Waals surface area contributed by atoms with E-state index in [1.54, 1.807) is 0 Å². The molecule has 6 heteroatoms. The van der Waals surface area contributed by atoms with Crippen LogP contribution in [0, 0.1) is 0 Å². The monoisotopic (exact) mass is 478 g/mol. The number of unbranched alkanes of at least 4 members (excludes halogenated alkanes) is 1. The standard InChI is InChI=1S/C30H30N4O2/c1-4-6-8-21-11-13-23(14-12-21)27-31-33-29(35-27)25-9-7-10-26(19-25)30-34-32-28(36-30)24-17-15-22(16-18-24)20(3)5-2/h7,9-20H,4-6,8H2,1-3H3. The minimum Gasteiger partial charge on any atom is -0.416 e. The molecule has 182 valence electrons. The lowest BCUT2D eigenvalue weighted by Gasteiger charge is -2.08. The summed E-state index contributed by atoms with van der Waals surface area (Å²) in [6, 6.07) is 24.3. The number of nitrogens with zero attached hydrogens (tertiary/aromatic N) is 4. The van der Waals surface area contributed by atoms with E-state index in [0.29, 0.717) is 29.5 Å². The molecular formula is C30H30N4O2. The van der Waals surface area contributed by atoms with Crippen molar-refractivity contribution in [3.05, 3.63) is 83.9 Å². The fraction of sp³-hybridized carbons (Fsp3) is 0.267. The van der Waals surface area contributed by atoms with E-state index in [1.807, 2.05) is 48.5 Å². The molecule has 0 saturated carbocycles. The predicted molar refractivity (Wildman–Crippen MR) is 141 cm³/mol. The Labute approximate surface area is 211 Å². The summed E-state index contributed by atoms with van der Waals surface area (Å²) in [5, 5.41) is 17.1. The van der Waals surface area contributed by atoms with Gasteiger partial charge in [0.05, 0.1) is 0 Å². The fourth-order valence-electron chi connectivity index (χ4n) is 4.08. The first-order chi connectivity index (χ1) is 17.6. The molecule has 0 amide bonds. The van der Waals surface area contributed by atoms with E-state index in [1.165, 1.54) is 24.0 Å². The maximum absolute atomic E-state index is 6.00. The molecule has 1 atom stereocenters. The molecule has 36 heavy (non-hydrogen) atoms. The molecule has 5 aromatic rings. The molecule has 2 aromatic heterocycles. The Kier molecular flexibility index (Phi) is 7.03. The Morgan fingerprint density at radius 3 is 1.64 bits per heavy atom. The Hall–Kier alpha value is -4.06. The first-order valence-corrected chi connectivity index (χ1v) is 12.6. The van der Waals surface area contributed by atoms with Crippen LogP contribution in [-0.2, 0) is 6.42 Å². The number of aryl methyl sites for hydroxylation is 1. The molecule has 0 aliphatic rings. The topological polar surface area (TPSA) is 77.8 Å². The van der Waals surface area contributed by atoms with Crippen molar-refractivity contribution in [2.75, 3.05) is 0 Å². The van der Waals surface area contributed by atoms with E-state index < -0.39 is 0 Å². The van der Waals surface area contributed by atoms with E-state index >= 15 is 0 Å². The molecule has 1 unspecified atom stereocenters. The van der Waals surface area contributed by atoms with Crippen LogP contribution in [0.25, 0.3) is 45.8 Å². The van der Waals surface area contributed by atoms with Crippen LogP contribution in [0.2, 0.25) is 0 Å². The second-order valence-corrected chi connectivity index (χ2v) is 9.14. The summed E-state index contributed by atoms with van der Waals surface area (Å²) in [6.45, 7) is 6.62. The smallest absolute Gasteiger partial charge is 0.248 e. The van der Waals surface area contributed by atoms with Gasteiger partial charge in [0.2, 0.25) is 23.6 Å². The zero-order valence-corrected chi connectivity index (χ0v) is 20.9. The maximum atomic E-state index is 6.00. The molecule has 5 rings (SSSR count). The lowest BCUT2D eigenvalue weighted by molar-refractivity contribution is 0.582. The predicted octanol–water partition coefficient (Wildman–Crippen LogP) is 7.98. The third-order valence-electron chi connectivity index (χ3n) is 6.57. The summed E-state index contributed by atoms with van der Waals surface area (Å²) in [7, 11) is 0. The Bertz CT molecular complexity index is 1420. The summed E-state index contributed by atoms with van der Waals surface area (Å²) < 4.78 is 12.0. The van der Waals surface area contributed by atoms with Crippen molar-refractivity contribution in [2.45, 2.75) is 52.4 Å². The van der Waals surface area contributed by atoms with Gasteiger partial charge in [-0.3, -0.25) is 0 Å². The molecule has 0 spiro atoms. The Morgan fingerprint density at radius 1 is 0.639 bits per heavy atom. The zero-order chi connectivity index (χ0) is 24.9. The molecule has 0 aliphatic carbocycles. The van der Waals surface area contributed by atoms with Crippen LogP contribution in [0.3, 0.4) is 0 Å². The Morgan fingerprint density at radius 2 is 1.14 bits per heavy atom. The van der Waals surface area contributed by atoms with Crippen LogP contribution >= 0.6 is 0 Å². The summed E-state index contributed by atoms with van der Waals surface area (Å²) in [5.41, 5.74) is 6.02. The highest BCUT2D eigenvalue weighted by atomic mass is 16.4. The van der Waals surface area contributed by atoms with Crippen molar-refractivity contribution in [3.63, 3.8) is 0 Å². The van der Waals surface area contributed by atoms with Crippen LogP contribution in [-0.4, -0.2) is 20.4 Å². The second kappa shape index (κ2) is 10.7. The minimum atomic E-state index is 0.445. The van der Waals surface area contributed by atoms with Crippen LogP contribution in [0.15, 0.2) is 81.6 Å². The quantitative estimate of drug-likeness (QED) is 0.214. The highest BCUT2D eigenvalue weighted by Crippen LogP contribution is 2.30. The van der Waals surface area contributed by atoms with Gasteiger partial charge in [-0.05, 0) is 78.8 Å². The van der Waals surface area contributed by atoms with E-state index in [-0.39, 0.29) is 0 Å². The van der Waals surface area contributed by atoms with E-state index in [2.05, 4.69) is 65.4 Å². The lowest BCUT2D eigenvalue weighted by atomic mass is 9.98. The van der Waals surface area contributed by atoms with Gasteiger partial charge in [0.25, 0.3) is 0 Å². The highest BCUT2D eigenvalue weighted by Gasteiger charge is 2.15. The zero-order valence-electron chi connectivity index (χ0n) is 20.9. The van der Waals surface area contributed by atoms with E-state index in [0.717, 1.165) is 35.1 Å². The molecule has 0 aliphatic heterocycles. The van der Waals surface area contributed by atoms with Gasteiger partial charge >= 0.3 is 0 Å². The summed E-state index contributed by atoms with van der Waals surface area (Å²) in [6.07, 6.45) is 4.56. The molecule has 0 saturated heterocycles. The third-order valence-corrected chi connectivity index (χ3v) is 6.57. The normalized spacial score (nSPS) is 12.1. The van der Waals surface area contributed by atoms with Gasteiger partial charge in [-0.15, -0.1) is 20.4 Å². The van der Waals surface area contributed by atoms with Gasteiger partial charge in [-0.1, -0.05) is 57.5 Å². The van der Waals surface area contributed by atoms with Crippen LogP contribution in [0.5, 0.6) is 0 Å². The van der Waals surface area contributed by atoms with Crippen LogP contribution in [0.1, 0.15) is 57.1 Å². The molecular weight excluding hydrogens is 448 g/mol. The minimum absolute atomic E-state index is 0.445. The molecule has 3 aromatic carbocycles. The van der Waals surface area contributed by atoms with Gasteiger partial charge in [0.1, 0.15) is 0 Å². The van der Waals surface area contributed by atoms with Gasteiger partial charge < -0.3 is 8.83 Å². The average molecular weight is 479 g/mol. The molecule has 0 radical (unpaired) electrons. The number of benzene rings is 3. The molecule has 2 heterocycles. The average Bonchev–Trinajstić information content (AvgIpc) is 3.63. The van der Waals surface area contributed by atoms with E-state index in [9.17, 15) is 0 Å². The van der Waals surface area contributed by atoms with Gasteiger partial charge in [-0.25, -0.2) is 0 Å². The fourth-order valence-corrected chi connectivity index (χ4v) is 4.08. The highest BCUT2D eigenvalue weighted by molar-refractivity contribution is 5.66. The third kappa shape index (κ3) is 5.13. The number of hydrogen-bond donors (Lipinski definition) is 0. The van der Waals surface area contributed by atoms with Crippen molar-refractivity contribution in [1.29, 1.82) is 0 Å². The Balaban J connectivity index is 1.34. The van der Waals surface area contributed by atoms with Crippen molar-refractivity contribution >= 4 is 0 Å². The van der Waals surface area contributed by atoms with Crippen molar-refractivity contribution in [3.8, 4) is 45.8 Å². The number of aromatic nitrogens is 4. The first-order valence-electron chi connectivity index (χ1n) is 12.6. The van der Waals surface area contributed by atoms with Crippen LogP contribution < -0.4 is 0 Å². The summed E-state index contributed by atoms with van der Waals surface area (Å²) in [4.78, 5) is 0. The van der Waals surface area contributed by atoms with Crippen molar-refractivity contribution in [2.24, 2.45) is 0 Å². The largest absolute Gasteiger partial charge is 0.416 e. The van der Waals surface area contributed by atoms with Crippen molar-refractivity contribution in [1.82, 2.24) is 20.4 Å². The van der Waals surface area contributed by atoms with Gasteiger partial charge in [0, 0.05) is 22.3 Å². The van der Waals surface area contributed by atoms with Crippen LogP contribution in [0.4, 0.5) is 0 Å². The SMILES string of the molecule is CCCCc1ccc(-c2nnc(-c3cccc(-c4nnc(-c5ccc(C(C)CC)cc5)o4)c3)o2)cc1.